The quantitative estimate of drug-likeness (QED) is 0.367. The van der Waals surface area contributed by atoms with Crippen molar-refractivity contribution in [2.45, 2.75) is 66.2 Å². The zero-order valence-electron chi connectivity index (χ0n) is 16.0. The third-order valence-corrected chi connectivity index (χ3v) is 8.39. The number of hydrogen-bond donors (Lipinski definition) is 0. The average Bonchev–Trinajstić information content (AvgIpc) is 2.51. The molecule has 3 aliphatic carbocycles. The van der Waals surface area contributed by atoms with Gasteiger partial charge in [-0.1, -0.05) is 40.2 Å². The van der Waals surface area contributed by atoms with Crippen molar-refractivity contribution >= 4 is 17.6 Å². The number of allylic oxidation sites excluding steroid dienone is 1. The summed E-state index contributed by atoms with van der Waals surface area (Å²) in [5, 5.41) is 0. The molecule has 0 aromatic carbocycles. The molecule has 0 aromatic heterocycles. The first kappa shape index (κ1) is 18.3. The Morgan fingerprint density at radius 1 is 1.17 bits per heavy atom. The Labute approximate surface area is 152 Å². The van der Waals surface area contributed by atoms with E-state index in [0.717, 1.165) is 24.3 Å². The van der Waals surface area contributed by atoms with Crippen LogP contribution in [0.1, 0.15) is 66.2 Å². The van der Waals surface area contributed by atoms with Crippen molar-refractivity contribution in [1.29, 1.82) is 0 Å². The van der Waals surface area contributed by atoms with E-state index < -0.39 is 0 Å². The van der Waals surface area contributed by atoms with Crippen LogP contribution in [-0.4, -0.2) is 19.0 Å². The molecule has 24 heavy (non-hydrogen) atoms. The summed E-state index contributed by atoms with van der Waals surface area (Å²) in [6.45, 7) is 9.76. The fraction of sp³-hybridized carbons (Fsp3) is 0.857. The number of carbonyl (C=O) groups is 1. The highest BCUT2D eigenvalue weighted by molar-refractivity contribution is 6.19. The number of esters is 1. The third kappa shape index (κ3) is 2.47. The molecule has 3 heteroatoms. The minimum atomic E-state index is -0.165. The minimum Gasteiger partial charge on any atom is -0.469 e. The molecule has 3 rings (SSSR count). The summed E-state index contributed by atoms with van der Waals surface area (Å²) in [7, 11) is 1.51. The molecule has 2 saturated carbocycles. The maximum Gasteiger partial charge on any atom is 0.313 e. The fourth-order valence-corrected chi connectivity index (χ4v) is 7.31. The Hall–Kier alpha value is -0.500. The van der Waals surface area contributed by atoms with Crippen LogP contribution in [-0.2, 0) is 9.53 Å². The van der Waals surface area contributed by atoms with Gasteiger partial charge in [-0.3, -0.25) is 4.79 Å². The van der Waals surface area contributed by atoms with Crippen LogP contribution in [0.4, 0.5) is 0 Å². The lowest BCUT2D eigenvalue weighted by molar-refractivity contribution is -0.169. The van der Waals surface area contributed by atoms with Crippen molar-refractivity contribution in [3.63, 3.8) is 0 Å². The van der Waals surface area contributed by atoms with Crippen LogP contribution < -0.4 is 0 Å². The summed E-state index contributed by atoms with van der Waals surface area (Å²) in [5.74, 6) is 1.47. The second-order valence-electron chi connectivity index (χ2n) is 9.60. The van der Waals surface area contributed by atoms with Gasteiger partial charge < -0.3 is 4.74 Å². The zero-order chi connectivity index (χ0) is 17.8. The molecule has 0 aliphatic heterocycles. The van der Waals surface area contributed by atoms with Gasteiger partial charge in [0.1, 0.15) is 0 Å². The van der Waals surface area contributed by atoms with Gasteiger partial charge in [-0.2, -0.15) is 0 Å². The van der Waals surface area contributed by atoms with Gasteiger partial charge in [0.2, 0.25) is 0 Å². The van der Waals surface area contributed by atoms with Crippen LogP contribution in [0.3, 0.4) is 0 Å². The van der Waals surface area contributed by atoms with Crippen molar-refractivity contribution in [2.24, 2.45) is 34.0 Å². The SMILES string of the molecule is COC(=O)[C@@H]1C(CCl)=CC[C@H]2[C@@]1(C)CC[C@H]1C(C)(C)CCC[C@]21C. The van der Waals surface area contributed by atoms with Gasteiger partial charge in [-0.25, -0.2) is 0 Å². The van der Waals surface area contributed by atoms with Crippen LogP contribution >= 0.6 is 11.6 Å². The molecule has 5 atom stereocenters. The summed E-state index contributed by atoms with van der Waals surface area (Å²) >= 11 is 6.21. The maximum atomic E-state index is 12.7. The van der Waals surface area contributed by atoms with Crippen molar-refractivity contribution < 1.29 is 9.53 Å². The molecule has 0 radical (unpaired) electrons. The summed E-state index contributed by atoms with van der Waals surface area (Å²) in [6, 6.07) is 0. The molecule has 0 amide bonds. The lowest BCUT2D eigenvalue weighted by Crippen LogP contribution is -2.59. The molecular formula is C21H33ClO2. The topological polar surface area (TPSA) is 26.3 Å². The molecule has 0 saturated heterocycles. The highest BCUT2D eigenvalue weighted by Gasteiger charge is 2.62. The minimum absolute atomic E-state index is 0.0231. The zero-order valence-corrected chi connectivity index (χ0v) is 16.7. The molecule has 0 spiro atoms. The van der Waals surface area contributed by atoms with E-state index in [4.69, 9.17) is 16.3 Å². The smallest absolute Gasteiger partial charge is 0.313 e. The first-order valence-corrected chi connectivity index (χ1v) is 10.1. The normalized spacial score (nSPS) is 44.1. The van der Waals surface area contributed by atoms with Crippen LogP contribution in [0.15, 0.2) is 11.6 Å². The summed E-state index contributed by atoms with van der Waals surface area (Å²) in [6.07, 6.45) is 9.58. The Kier molecular flexibility index (Phi) is 4.60. The predicted molar refractivity (Wildman–Crippen MR) is 99.0 cm³/mol. The van der Waals surface area contributed by atoms with E-state index in [1.165, 1.54) is 32.8 Å². The Morgan fingerprint density at radius 2 is 1.88 bits per heavy atom. The van der Waals surface area contributed by atoms with E-state index in [1.807, 2.05) is 0 Å². The Morgan fingerprint density at radius 3 is 2.50 bits per heavy atom. The van der Waals surface area contributed by atoms with E-state index in [9.17, 15) is 4.79 Å². The number of ether oxygens (including phenoxy) is 1. The highest BCUT2D eigenvalue weighted by atomic mass is 35.5. The standard InChI is InChI=1S/C21H33ClO2/c1-19(2)10-6-11-20(3)15(19)9-12-21(4)16(20)8-7-14(13-22)17(21)18(23)24-5/h7,15-17H,6,8-13H2,1-5H3/t15-,16+,17-,20-,21+/m0/s1. The van der Waals surface area contributed by atoms with E-state index in [1.54, 1.807) is 0 Å². The lowest BCUT2D eigenvalue weighted by atomic mass is 9.40. The van der Waals surface area contributed by atoms with Gasteiger partial charge in [0.25, 0.3) is 0 Å². The second-order valence-corrected chi connectivity index (χ2v) is 9.87. The fourth-order valence-electron chi connectivity index (χ4n) is 7.05. The summed E-state index contributed by atoms with van der Waals surface area (Å²) in [4.78, 5) is 12.7. The molecule has 0 aromatic rings. The molecule has 0 N–H and O–H groups in total. The third-order valence-electron chi connectivity index (χ3n) is 8.08. The van der Waals surface area contributed by atoms with Gasteiger partial charge in [0, 0.05) is 5.88 Å². The molecule has 2 fully saturated rings. The number of hydrogen-bond acceptors (Lipinski definition) is 2. The molecule has 136 valence electrons. The summed E-state index contributed by atoms with van der Waals surface area (Å²) < 4.78 is 5.21. The monoisotopic (exact) mass is 352 g/mol. The second kappa shape index (κ2) is 6.04. The molecule has 0 unspecified atom stereocenters. The maximum absolute atomic E-state index is 12.7. The Balaban J connectivity index is 2.06. The highest BCUT2D eigenvalue weighted by Crippen LogP contribution is 2.68. The van der Waals surface area contributed by atoms with Gasteiger partial charge in [-0.15, -0.1) is 11.6 Å². The molecule has 2 nitrogen and oxygen atoms in total. The number of carbonyl (C=O) groups excluding carboxylic acids is 1. The predicted octanol–water partition coefficient (Wildman–Crippen LogP) is 5.59. The van der Waals surface area contributed by atoms with Crippen molar-refractivity contribution in [1.82, 2.24) is 0 Å². The number of halogens is 1. The largest absolute Gasteiger partial charge is 0.469 e. The van der Waals surface area contributed by atoms with Gasteiger partial charge >= 0.3 is 5.97 Å². The average molecular weight is 353 g/mol. The van der Waals surface area contributed by atoms with Crippen LogP contribution in [0.2, 0.25) is 0 Å². The van der Waals surface area contributed by atoms with E-state index in [2.05, 4.69) is 33.8 Å². The number of methoxy groups -OCH3 is 1. The Bertz CT molecular complexity index is 552. The van der Waals surface area contributed by atoms with Crippen molar-refractivity contribution in [3.8, 4) is 0 Å². The van der Waals surface area contributed by atoms with Crippen molar-refractivity contribution in [2.75, 3.05) is 13.0 Å². The van der Waals surface area contributed by atoms with Gasteiger partial charge in [-0.05, 0) is 65.8 Å². The van der Waals surface area contributed by atoms with E-state index >= 15 is 0 Å². The number of alkyl halides is 1. The van der Waals surface area contributed by atoms with Crippen LogP contribution in [0.5, 0.6) is 0 Å². The first-order chi connectivity index (χ1) is 11.2. The van der Waals surface area contributed by atoms with E-state index in [-0.39, 0.29) is 17.3 Å². The van der Waals surface area contributed by atoms with E-state index in [0.29, 0.717) is 22.6 Å². The molecule has 3 aliphatic rings. The number of fused-ring (bicyclic) bond motifs is 3. The lowest BCUT2D eigenvalue weighted by Gasteiger charge is -2.64. The first-order valence-electron chi connectivity index (χ1n) is 9.53. The van der Waals surface area contributed by atoms with Gasteiger partial charge in [0.15, 0.2) is 0 Å². The molecule has 0 bridgehead atoms. The van der Waals surface area contributed by atoms with Crippen LogP contribution in [0.25, 0.3) is 0 Å². The molecule has 0 heterocycles. The summed E-state index contributed by atoms with van der Waals surface area (Å²) in [5.41, 5.74) is 1.78. The van der Waals surface area contributed by atoms with Gasteiger partial charge in [0.05, 0.1) is 13.0 Å². The molecular weight excluding hydrogens is 320 g/mol. The van der Waals surface area contributed by atoms with Crippen LogP contribution in [0, 0.1) is 34.0 Å². The number of rotatable bonds is 2. The van der Waals surface area contributed by atoms with Crippen molar-refractivity contribution in [3.05, 3.63) is 11.6 Å².